The van der Waals surface area contributed by atoms with Crippen molar-refractivity contribution in [3.05, 3.63) is 83.1 Å². The molecular weight excluding hydrogens is 446 g/mol. The number of carbonyl (C=O) groups is 3. The maximum atomic E-state index is 13.4. The molecule has 176 valence electrons. The minimum Gasteiger partial charge on any atom is -0.477 e. The maximum Gasteiger partial charge on any atom is 0.352 e. The Labute approximate surface area is 201 Å². The number of carboxylic acids is 1. The van der Waals surface area contributed by atoms with Gasteiger partial charge in [0.05, 0.1) is 25.1 Å². The van der Waals surface area contributed by atoms with Crippen LogP contribution in [-0.4, -0.2) is 49.5 Å². The number of nitrogens with zero attached hydrogens (tertiary/aromatic N) is 3. The van der Waals surface area contributed by atoms with Crippen molar-refractivity contribution in [2.24, 2.45) is 13.0 Å². The Morgan fingerprint density at radius 1 is 1.17 bits per heavy atom. The van der Waals surface area contributed by atoms with Crippen LogP contribution < -0.4 is 4.57 Å². The lowest BCUT2D eigenvalue weighted by molar-refractivity contribution is -0.671. The van der Waals surface area contributed by atoms with Crippen LogP contribution in [0.4, 0.5) is 0 Å². The fourth-order valence-corrected chi connectivity index (χ4v) is 5.85. The molecule has 0 unspecified atom stereocenters. The first-order valence-electron chi connectivity index (χ1n) is 11.6. The molecule has 1 saturated heterocycles. The van der Waals surface area contributed by atoms with Crippen molar-refractivity contribution < 1.29 is 29.2 Å². The number of imidazole rings is 1. The second-order valence-electron chi connectivity index (χ2n) is 9.56. The summed E-state index contributed by atoms with van der Waals surface area (Å²) in [6, 6.07) is 10.8. The zero-order valence-corrected chi connectivity index (χ0v) is 19.3. The van der Waals surface area contributed by atoms with Crippen LogP contribution in [0.15, 0.2) is 60.8 Å². The molecule has 0 radical (unpaired) electrons. The minimum absolute atomic E-state index is 0.0345. The van der Waals surface area contributed by atoms with E-state index in [-0.39, 0.29) is 23.4 Å². The van der Waals surface area contributed by atoms with Crippen LogP contribution in [0.25, 0.3) is 16.7 Å². The van der Waals surface area contributed by atoms with Crippen LogP contribution >= 0.6 is 0 Å². The van der Waals surface area contributed by atoms with Crippen molar-refractivity contribution in [2.45, 2.75) is 32.0 Å². The quantitative estimate of drug-likeness (QED) is 0.343. The summed E-state index contributed by atoms with van der Waals surface area (Å²) in [6.45, 7) is 2.00. The Morgan fingerprint density at radius 2 is 1.91 bits per heavy atom. The first-order chi connectivity index (χ1) is 16.8. The molecule has 1 fully saturated rings. The van der Waals surface area contributed by atoms with Gasteiger partial charge in [-0.05, 0) is 47.7 Å². The lowest BCUT2D eigenvalue weighted by atomic mass is 9.82. The number of hydrogen-bond acceptors (Lipinski definition) is 4. The van der Waals surface area contributed by atoms with E-state index < -0.39 is 18.0 Å². The van der Waals surface area contributed by atoms with E-state index in [9.17, 15) is 24.6 Å². The maximum absolute atomic E-state index is 13.4. The first kappa shape index (κ1) is 21.5. The molecule has 1 aliphatic carbocycles. The number of aliphatic hydroxyl groups is 1. The molecule has 0 bridgehead atoms. The normalized spacial score (nSPS) is 21.1. The topological polar surface area (TPSA) is 104 Å². The molecule has 3 aromatic rings. The molecule has 3 aliphatic rings. The van der Waals surface area contributed by atoms with Crippen molar-refractivity contribution in [2.75, 3.05) is 0 Å². The van der Waals surface area contributed by atoms with Gasteiger partial charge < -0.3 is 15.1 Å². The number of amides is 1. The van der Waals surface area contributed by atoms with Crippen LogP contribution in [-0.2, 0) is 23.2 Å². The van der Waals surface area contributed by atoms with Gasteiger partial charge in [-0.15, -0.1) is 0 Å². The van der Waals surface area contributed by atoms with Crippen LogP contribution in [0.2, 0.25) is 0 Å². The Morgan fingerprint density at radius 3 is 2.57 bits per heavy atom. The zero-order chi connectivity index (χ0) is 24.6. The number of aromatic nitrogens is 2. The Balaban J connectivity index is 1.54. The van der Waals surface area contributed by atoms with E-state index in [1.807, 2.05) is 71.3 Å². The molecule has 35 heavy (non-hydrogen) atoms. The van der Waals surface area contributed by atoms with Gasteiger partial charge in [0, 0.05) is 16.7 Å². The smallest absolute Gasteiger partial charge is 0.352 e. The molecule has 2 aliphatic heterocycles. The lowest BCUT2D eigenvalue weighted by Crippen LogP contribution is -2.61. The van der Waals surface area contributed by atoms with Crippen LogP contribution in [0, 0.1) is 5.92 Å². The SMILES string of the molecule is C[C@@H](O)[C@H]1C(=O)N2C(C(=O)O)=C(c3cc(Cn4cc[n+](C)c4)c4c(c3)-c3ccccc3C4=O)C[C@H]12. The van der Waals surface area contributed by atoms with Crippen molar-refractivity contribution >= 4 is 23.2 Å². The molecule has 8 nitrogen and oxygen atoms in total. The second kappa shape index (κ2) is 7.48. The molecule has 1 amide bonds. The third-order valence-electron chi connectivity index (χ3n) is 7.37. The Kier molecular flexibility index (Phi) is 4.59. The highest BCUT2D eigenvalue weighted by Gasteiger charge is 2.56. The standard InChI is InChI=1S/C27H23N3O5/c1-14(31)22-21-11-19(24(27(34)35)30(21)26(22)33)15-9-16(12-29-8-7-28(2)13-29)23-20(10-15)17-5-3-4-6-18(17)25(23)32/h3-10,13-14,21-22,31H,11-12H2,1-2H3/p+1/t14-,21-,22-/m1/s1. The van der Waals surface area contributed by atoms with Crippen LogP contribution in [0.5, 0.6) is 0 Å². The third kappa shape index (κ3) is 3.03. The predicted octanol–water partition coefficient (Wildman–Crippen LogP) is 1.98. The second-order valence-corrected chi connectivity index (χ2v) is 9.56. The van der Waals surface area contributed by atoms with Gasteiger partial charge in [-0.3, -0.25) is 9.59 Å². The summed E-state index contributed by atoms with van der Waals surface area (Å²) in [7, 11) is 1.92. The summed E-state index contributed by atoms with van der Waals surface area (Å²) < 4.78 is 3.88. The number of benzene rings is 2. The number of carboxylic acid groups (broad SMARTS) is 1. The van der Waals surface area contributed by atoms with E-state index in [4.69, 9.17) is 0 Å². The molecule has 1 aromatic heterocycles. The number of fused-ring (bicyclic) bond motifs is 4. The predicted molar refractivity (Wildman–Crippen MR) is 125 cm³/mol. The Bertz CT molecular complexity index is 1480. The van der Waals surface area contributed by atoms with Gasteiger partial charge in [0.2, 0.25) is 12.2 Å². The molecular formula is C27H24N3O5+. The van der Waals surface area contributed by atoms with Crippen molar-refractivity contribution in [3.8, 4) is 11.1 Å². The van der Waals surface area contributed by atoms with E-state index >= 15 is 0 Å². The average Bonchev–Trinajstić information content (AvgIpc) is 3.46. The Hall–Kier alpha value is -4.04. The van der Waals surface area contributed by atoms with Gasteiger partial charge in [-0.25, -0.2) is 13.9 Å². The number of rotatable bonds is 5. The van der Waals surface area contributed by atoms with Crippen molar-refractivity contribution in [3.63, 3.8) is 0 Å². The van der Waals surface area contributed by atoms with Crippen LogP contribution in [0.1, 0.15) is 40.4 Å². The van der Waals surface area contributed by atoms with Crippen molar-refractivity contribution in [1.29, 1.82) is 0 Å². The van der Waals surface area contributed by atoms with Crippen LogP contribution in [0.3, 0.4) is 0 Å². The van der Waals surface area contributed by atoms with Gasteiger partial charge in [-0.1, -0.05) is 24.3 Å². The lowest BCUT2D eigenvalue weighted by Gasteiger charge is -2.44. The number of ketones is 1. The summed E-state index contributed by atoms with van der Waals surface area (Å²) in [5.41, 5.74) is 4.85. The van der Waals surface area contributed by atoms with Gasteiger partial charge in [0.15, 0.2) is 5.78 Å². The molecule has 3 heterocycles. The number of β-lactam (4-membered cyclic amide) rings is 1. The molecule has 0 saturated carbocycles. The summed E-state index contributed by atoms with van der Waals surface area (Å²) in [6.07, 6.45) is 5.24. The zero-order valence-electron chi connectivity index (χ0n) is 19.3. The largest absolute Gasteiger partial charge is 0.477 e. The van der Waals surface area contributed by atoms with E-state index in [0.29, 0.717) is 35.2 Å². The van der Waals surface area contributed by atoms with Crippen molar-refractivity contribution in [1.82, 2.24) is 9.47 Å². The van der Waals surface area contributed by atoms with Gasteiger partial charge in [0.1, 0.15) is 24.6 Å². The number of aliphatic carboxylic acids is 1. The fourth-order valence-electron chi connectivity index (χ4n) is 5.85. The molecule has 2 aromatic carbocycles. The summed E-state index contributed by atoms with van der Waals surface area (Å²) in [4.78, 5) is 39.7. The number of carbonyl (C=O) groups excluding carboxylic acids is 2. The first-order valence-corrected chi connectivity index (χ1v) is 11.6. The molecule has 6 rings (SSSR count). The molecule has 2 N–H and O–H groups in total. The van der Waals surface area contributed by atoms with Gasteiger partial charge >= 0.3 is 5.97 Å². The van der Waals surface area contributed by atoms with Gasteiger partial charge in [0.25, 0.3) is 0 Å². The molecule has 8 heteroatoms. The summed E-state index contributed by atoms with van der Waals surface area (Å²) in [5, 5.41) is 20.1. The number of hydrogen-bond donors (Lipinski definition) is 2. The average molecular weight is 471 g/mol. The van der Waals surface area contributed by atoms with E-state index in [2.05, 4.69) is 0 Å². The fraction of sp³-hybridized carbons (Fsp3) is 0.259. The molecule has 3 atom stereocenters. The third-order valence-corrected chi connectivity index (χ3v) is 7.37. The highest BCUT2D eigenvalue weighted by molar-refractivity contribution is 6.23. The molecule has 0 spiro atoms. The van der Waals surface area contributed by atoms with Gasteiger partial charge in [-0.2, -0.15) is 0 Å². The summed E-state index contributed by atoms with van der Waals surface area (Å²) >= 11 is 0. The van der Waals surface area contributed by atoms with E-state index in [1.54, 1.807) is 6.92 Å². The number of aryl methyl sites for hydroxylation is 1. The monoisotopic (exact) mass is 470 g/mol. The number of aliphatic hydroxyl groups excluding tert-OH is 1. The summed E-state index contributed by atoms with van der Waals surface area (Å²) in [5.74, 6) is -2.19. The minimum atomic E-state index is -1.17. The highest BCUT2D eigenvalue weighted by Crippen LogP contribution is 2.49. The highest BCUT2D eigenvalue weighted by atomic mass is 16.4. The van der Waals surface area contributed by atoms with E-state index in [1.165, 1.54) is 4.90 Å². The van der Waals surface area contributed by atoms with E-state index in [0.717, 1.165) is 16.7 Å².